The van der Waals surface area contributed by atoms with Gasteiger partial charge in [-0.15, -0.1) is 0 Å². The van der Waals surface area contributed by atoms with Gasteiger partial charge in [-0.3, -0.25) is 4.79 Å². The summed E-state index contributed by atoms with van der Waals surface area (Å²) in [5.41, 5.74) is 0. The van der Waals surface area contributed by atoms with Gasteiger partial charge in [-0.25, -0.2) is 13.1 Å². The van der Waals surface area contributed by atoms with Gasteiger partial charge in [0, 0.05) is 6.04 Å². The Morgan fingerprint density at radius 2 is 1.94 bits per heavy atom. The van der Waals surface area contributed by atoms with Crippen LogP contribution in [0.5, 0.6) is 0 Å². The van der Waals surface area contributed by atoms with E-state index in [4.69, 9.17) is 5.11 Å². The van der Waals surface area contributed by atoms with E-state index in [0.29, 0.717) is 18.8 Å². The molecule has 0 amide bonds. The Morgan fingerprint density at radius 3 is 2.50 bits per heavy atom. The van der Waals surface area contributed by atoms with Crippen molar-refractivity contribution in [1.29, 1.82) is 0 Å². The van der Waals surface area contributed by atoms with Gasteiger partial charge in [0.25, 0.3) is 0 Å². The molecular weight excluding hydrogens is 230 g/mol. The molecule has 2 unspecified atom stereocenters. The van der Waals surface area contributed by atoms with E-state index in [1.54, 1.807) is 0 Å². The molecule has 0 aromatic heterocycles. The van der Waals surface area contributed by atoms with Gasteiger partial charge >= 0.3 is 5.97 Å². The average Bonchev–Trinajstić information content (AvgIpc) is 2.80. The fourth-order valence-corrected chi connectivity index (χ4v) is 4.06. The van der Waals surface area contributed by atoms with Gasteiger partial charge in [0.15, 0.2) is 0 Å². The van der Waals surface area contributed by atoms with Crippen LogP contribution in [0.25, 0.3) is 0 Å². The first-order chi connectivity index (χ1) is 7.48. The largest absolute Gasteiger partial charge is 0.481 e. The number of carboxylic acids is 1. The molecule has 0 aliphatic heterocycles. The second-order valence-electron chi connectivity index (χ2n) is 4.82. The van der Waals surface area contributed by atoms with Crippen molar-refractivity contribution in [3.05, 3.63) is 0 Å². The lowest BCUT2D eigenvalue weighted by Gasteiger charge is -2.17. The molecule has 2 aliphatic rings. The fraction of sp³-hybridized carbons (Fsp3) is 0.900. The third-order valence-corrected chi connectivity index (χ3v) is 4.89. The first-order valence-electron chi connectivity index (χ1n) is 5.71. The zero-order valence-corrected chi connectivity index (χ0v) is 9.87. The third-order valence-electron chi connectivity index (χ3n) is 3.32. The van der Waals surface area contributed by atoms with Crippen molar-refractivity contribution in [2.45, 2.75) is 38.1 Å². The molecule has 0 heterocycles. The van der Waals surface area contributed by atoms with Gasteiger partial charge in [0.1, 0.15) is 0 Å². The SMILES string of the molecule is O=C(O)C1CCCC1NS(=O)(=O)CC1CC1. The maximum Gasteiger partial charge on any atom is 0.308 e. The molecular formula is C10H17NO4S. The predicted molar refractivity (Wildman–Crippen MR) is 58.4 cm³/mol. The molecule has 92 valence electrons. The van der Waals surface area contributed by atoms with Crippen LogP contribution in [0.4, 0.5) is 0 Å². The highest BCUT2D eigenvalue weighted by Crippen LogP contribution is 2.31. The molecule has 0 radical (unpaired) electrons. The lowest BCUT2D eigenvalue weighted by Crippen LogP contribution is -2.41. The van der Waals surface area contributed by atoms with Crippen LogP contribution in [-0.4, -0.2) is 31.3 Å². The Morgan fingerprint density at radius 1 is 1.25 bits per heavy atom. The molecule has 0 aromatic rings. The van der Waals surface area contributed by atoms with Crippen LogP contribution in [0, 0.1) is 11.8 Å². The van der Waals surface area contributed by atoms with Crippen LogP contribution in [-0.2, 0) is 14.8 Å². The Hall–Kier alpha value is -0.620. The molecule has 2 aliphatic carbocycles. The fourth-order valence-electron chi connectivity index (χ4n) is 2.27. The number of sulfonamides is 1. The van der Waals surface area contributed by atoms with E-state index in [1.165, 1.54) is 0 Å². The zero-order valence-electron chi connectivity index (χ0n) is 9.05. The molecule has 16 heavy (non-hydrogen) atoms. The maximum atomic E-state index is 11.7. The normalized spacial score (nSPS) is 30.5. The number of aliphatic carboxylic acids is 1. The number of rotatable bonds is 5. The second kappa shape index (κ2) is 4.33. The van der Waals surface area contributed by atoms with Crippen LogP contribution in [0.3, 0.4) is 0 Å². The number of hydrogen-bond acceptors (Lipinski definition) is 3. The Bertz CT molecular complexity index is 374. The van der Waals surface area contributed by atoms with Crippen molar-refractivity contribution in [3.8, 4) is 0 Å². The zero-order chi connectivity index (χ0) is 11.8. The summed E-state index contributed by atoms with van der Waals surface area (Å²) >= 11 is 0. The number of carboxylic acid groups (broad SMARTS) is 1. The average molecular weight is 247 g/mol. The van der Waals surface area contributed by atoms with Gasteiger partial charge in [0.2, 0.25) is 10.0 Å². The predicted octanol–water partition coefficient (Wildman–Crippen LogP) is 0.569. The van der Waals surface area contributed by atoms with Gasteiger partial charge < -0.3 is 5.11 Å². The summed E-state index contributed by atoms with van der Waals surface area (Å²) in [6.07, 6.45) is 3.96. The Kier molecular flexibility index (Phi) is 3.21. The van der Waals surface area contributed by atoms with Crippen molar-refractivity contribution in [1.82, 2.24) is 4.72 Å². The minimum absolute atomic E-state index is 0.163. The summed E-state index contributed by atoms with van der Waals surface area (Å²) in [5, 5.41) is 8.94. The van der Waals surface area contributed by atoms with Crippen molar-refractivity contribution in [2.24, 2.45) is 11.8 Å². The minimum Gasteiger partial charge on any atom is -0.481 e. The van der Waals surface area contributed by atoms with Gasteiger partial charge in [-0.2, -0.15) is 0 Å². The second-order valence-corrected chi connectivity index (χ2v) is 6.62. The molecule has 6 heteroatoms. The van der Waals surface area contributed by atoms with E-state index in [0.717, 1.165) is 19.3 Å². The number of hydrogen-bond donors (Lipinski definition) is 2. The van der Waals surface area contributed by atoms with E-state index >= 15 is 0 Å². The molecule has 2 saturated carbocycles. The Labute approximate surface area is 95.3 Å². The van der Waals surface area contributed by atoms with Gasteiger partial charge in [-0.05, 0) is 31.6 Å². The van der Waals surface area contributed by atoms with Crippen LogP contribution in [0.1, 0.15) is 32.1 Å². The molecule has 0 spiro atoms. The van der Waals surface area contributed by atoms with Crippen LogP contribution < -0.4 is 4.72 Å². The van der Waals surface area contributed by atoms with Crippen molar-refractivity contribution >= 4 is 16.0 Å². The highest BCUT2D eigenvalue weighted by Gasteiger charge is 2.37. The third kappa shape index (κ3) is 2.95. The highest BCUT2D eigenvalue weighted by atomic mass is 32.2. The van der Waals surface area contributed by atoms with Crippen molar-refractivity contribution in [3.63, 3.8) is 0 Å². The first-order valence-corrected chi connectivity index (χ1v) is 7.36. The summed E-state index contributed by atoms with van der Waals surface area (Å²) < 4.78 is 26.0. The number of nitrogens with one attached hydrogen (secondary N) is 1. The smallest absolute Gasteiger partial charge is 0.308 e. The van der Waals surface area contributed by atoms with Crippen LogP contribution in [0.2, 0.25) is 0 Å². The molecule has 0 saturated heterocycles. The highest BCUT2D eigenvalue weighted by molar-refractivity contribution is 7.89. The number of carbonyl (C=O) groups is 1. The summed E-state index contributed by atoms with van der Waals surface area (Å²) in [4.78, 5) is 10.9. The van der Waals surface area contributed by atoms with Gasteiger partial charge in [0.05, 0.1) is 11.7 Å². The molecule has 2 N–H and O–H groups in total. The lowest BCUT2D eigenvalue weighted by atomic mass is 10.1. The quantitative estimate of drug-likeness (QED) is 0.744. The molecule has 2 rings (SSSR count). The van der Waals surface area contributed by atoms with Crippen molar-refractivity contribution in [2.75, 3.05) is 5.75 Å². The molecule has 2 atom stereocenters. The van der Waals surface area contributed by atoms with E-state index in [-0.39, 0.29) is 5.75 Å². The maximum absolute atomic E-state index is 11.7. The van der Waals surface area contributed by atoms with Crippen molar-refractivity contribution < 1.29 is 18.3 Å². The molecule has 0 bridgehead atoms. The molecule has 0 aromatic carbocycles. The monoisotopic (exact) mass is 247 g/mol. The summed E-state index contributed by atoms with van der Waals surface area (Å²) in [5.74, 6) is -0.983. The standard InChI is InChI=1S/C10H17NO4S/c12-10(13)8-2-1-3-9(8)11-16(14,15)6-7-4-5-7/h7-9,11H,1-6H2,(H,12,13). The first kappa shape index (κ1) is 11.9. The lowest BCUT2D eigenvalue weighted by molar-refractivity contribution is -0.141. The summed E-state index contributed by atoms with van der Waals surface area (Å²) in [6, 6.07) is -0.402. The van der Waals surface area contributed by atoms with Crippen LogP contribution >= 0.6 is 0 Å². The topological polar surface area (TPSA) is 83.5 Å². The minimum atomic E-state index is -3.28. The Balaban J connectivity index is 1.94. The van der Waals surface area contributed by atoms with Crippen LogP contribution in [0.15, 0.2) is 0 Å². The van der Waals surface area contributed by atoms with E-state index < -0.39 is 28.0 Å². The van der Waals surface area contributed by atoms with E-state index in [2.05, 4.69) is 4.72 Å². The van der Waals surface area contributed by atoms with E-state index in [1.807, 2.05) is 0 Å². The molecule has 5 nitrogen and oxygen atoms in total. The molecule has 2 fully saturated rings. The van der Waals surface area contributed by atoms with E-state index in [9.17, 15) is 13.2 Å². The van der Waals surface area contributed by atoms with Gasteiger partial charge in [-0.1, -0.05) is 6.42 Å². The summed E-state index contributed by atoms with van der Waals surface area (Å²) in [6.45, 7) is 0. The summed E-state index contributed by atoms with van der Waals surface area (Å²) in [7, 11) is -3.28.